The number of nitrogens with zero attached hydrogens (tertiary/aromatic N) is 1. The van der Waals surface area contributed by atoms with Crippen molar-refractivity contribution in [3.8, 4) is 0 Å². The Morgan fingerprint density at radius 2 is 2.00 bits per heavy atom. The summed E-state index contributed by atoms with van der Waals surface area (Å²) in [6.07, 6.45) is 1.90. The van der Waals surface area contributed by atoms with Crippen molar-refractivity contribution in [3.63, 3.8) is 0 Å². The molecule has 0 rings (SSSR count). The van der Waals surface area contributed by atoms with Crippen LogP contribution in [-0.4, -0.2) is 43.4 Å². The van der Waals surface area contributed by atoms with Crippen LogP contribution in [0.5, 0.6) is 0 Å². The van der Waals surface area contributed by atoms with Crippen molar-refractivity contribution in [2.75, 3.05) is 20.6 Å². The minimum absolute atomic E-state index is 0.101. The lowest BCUT2D eigenvalue weighted by molar-refractivity contribution is -0.128. The predicted molar refractivity (Wildman–Crippen MR) is 59.2 cm³/mol. The quantitative estimate of drug-likeness (QED) is 0.573. The summed E-state index contributed by atoms with van der Waals surface area (Å²) in [6.45, 7) is 2.54. The van der Waals surface area contributed by atoms with Crippen molar-refractivity contribution in [2.24, 2.45) is 5.73 Å². The van der Waals surface area contributed by atoms with E-state index < -0.39 is 0 Å². The Kier molecular flexibility index (Phi) is 6.70. The molecule has 88 valence electrons. The molecule has 0 unspecified atom stereocenters. The maximum absolute atomic E-state index is 11.2. The van der Waals surface area contributed by atoms with Crippen molar-refractivity contribution in [3.05, 3.63) is 0 Å². The number of hydrogen-bond acceptors (Lipinski definition) is 3. The van der Waals surface area contributed by atoms with Gasteiger partial charge in [-0.3, -0.25) is 9.59 Å². The van der Waals surface area contributed by atoms with Gasteiger partial charge in [0.05, 0.1) is 6.04 Å². The van der Waals surface area contributed by atoms with Crippen LogP contribution in [0, 0.1) is 0 Å². The van der Waals surface area contributed by atoms with E-state index in [1.165, 1.54) is 0 Å². The molecule has 3 N–H and O–H groups in total. The molecule has 5 heteroatoms. The Hall–Kier alpha value is -1.10. The van der Waals surface area contributed by atoms with Crippen LogP contribution < -0.4 is 11.1 Å². The summed E-state index contributed by atoms with van der Waals surface area (Å²) in [5.41, 5.74) is 5.16. The molecular formula is C10H21N3O2. The highest BCUT2D eigenvalue weighted by molar-refractivity contribution is 5.79. The molecule has 2 amide bonds. The summed E-state index contributed by atoms with van der Waals surface area (Å²) in [5, 5.41) is 3.02. The van der Waals surface area contributed by atoms with Crippen molar-refractivity contribution in [2.45, 2.75) is 32.2 Å². The topological polar surface area (TPSA) is 75.4 Å². The molecule has 0 aromatic rings. The average Bonchev–Trinajstić information content (AvgIpc) is 2.16. The van der Waals surface area contributed by atoms with Gasteiger partial charge >= 0.3 is 0 Å². The zero-order valence-corrected chi connectivity index (χ0v) is 9.75. The second-order valence-electron chi connectivity index (χ2n) is 3.71. The summed E-state index contributed by atoms with van der Waals surface area (Å²) in [5.74, 6) is -0.236. The molecule has 0 aromatic heterocycles. The summed E-state index contributed by atoms with van der Waals surface area (Å²) < 4.78 is 0. The second-order valence-corrected chi connectivity index (χ2v) is 3.71. The van der Waals surface area contributed by atoms with Crippen LogP contribution in [0.25, 0.3) is 0 Å². The maximum Gasteiger partial charge on any atom is 0.234 e. The van der Waals surface area contributed by atoms with Gasteiger partial charge in [-0.1, -0.05) is 6.92 Å². The fourth-order valence-corrected chi connectivity index (χ4v) is 1.19. The van der Waals surface area contributed by atoms with E-state index in [0.717, 1.165) is 6.42 Å². The number of carbonyl (C=O) groups excluding carboxylic acids is 2. The van der Waals surface area contributed by atoms with Crippen LogP contribution in [-0.2, 0) is 9.59 Å². The smallest absolute Gasteiger partial charge is 0.234 e. The van der Waals surface area contributed by atoms with Gasteiger partial charge in [-0.2, -0.15) is 0 Å². The summed E-state index contributed by atoms with van der Waals surface area (Å²) in [4.78, 5) is 23.6. The number of carbonyl (C=O) groups is 2. The lowest BCUT2D eigenvalue weighted by Crippen LogP contribution is -2.41. The lowest BCUT2D eigenvalue weighted by Gasteiger charge is -2.13. The van der Waals surface area contributed by atoms with Crippen LogP contribution in [0.4, 0.5) is 0 Å². The second kappa shape index (κ2) is 7.23. The van der Waals surface area contributed by atoms with Crippen LogP contribution in [0.3, 0.4) is 0 Å². The van der Waals surface area contributed by atoms with Gasteiger partial charge in [0.1, 0.15) is 0 Å². The molecule has 5 nitrogen and oxygen atoms in total. The molecule has 0 aromatic carbocycles. The average molecular weight is 215 g/mol. The SMILES string of the molecule is CC[C@H](NCCCC(=O)N(C)C)C(N)=O. The van der Waals surface area contributed by atoms with Crippen molar-refractivity contribution >= 4 is 11.8 Å². The first kappa shape index (κ1) is 13.9. The third-order valence-electron chi connectivity index (χ3n) is 2.21. The molecule has 0 saturated carbocycles. The van der Waals surface area contributed by atoms with E-state index >= 15 is 0 Å². The maximum atomic E-state index is 11.2. The number of nitrogens with two attached hydrogens (primary N) is 1. The predicted octanol–water partition coefficient (Wildman–Crippen LogP) is -0.292. The van der Waals surface area contributed by atoms with E-state index in [1.54, 1.807) is 19.0 Å². The lowest BCUT2D eigenvalue weighted by atomic mass is 10.2. The first-order valence-electron chi connectivity index (χ1n) is 5.21. The van der Waals surface area contributed by atoms with Gasteiger partial charge in [-0.25, -0.2) is 0 Å². The number of primary amides is 1. The highest BCUT2D eigenvalue weighted by Gasteiger charge is 2.11. The number of hydrogen-bond donors (Lipinski definition) is 2. The van der Waals surface area contributed by atoms with Gasteiger partial charge in [0.25, 0.3) is 0 Å². The summed E-state index contributed by atoms with van der Waals surface area (Å²) >= 11 is 0. The fourth-order valence-electron chi connectivity index (χ4n) is 1.19. The minimum atomic E-state index is -0.337. The normalized spacial score (nSPS) is 12.2. The van der Waals surface area contributed by atoms with Gasteiger partial charge in [0.2, 0.25) is 11.8 Å². The van der Waals surface area contributed by atoms with Gasteiger partial charge in [0.15, 0.2) is 0 Å². The Morgan fingerprint density at radius 3 is 2.40 bits per heavy atom. The molecule has 0 aliphatic carbocycles. The van der Waals surface area contributed by atoms with Crippen molar-refractivity contribution in [1.29, 1.82) is 0 Å². The fraction of sp³-hybridized carbons (Fsp3) is 0.800. The minimum Gasteiger partial charge on any atom is -0.368 e. The Bertz CT molecular complexity index is 217. The molecule has 1 atom stereocenters. The Balaban J connectivity index is 3.61. The van der Waals surface area contributed by atoms with E-state index in [2.05, 4.69) is 5.32 Å². The highest BCUT2D eigenvalue weighted by Crippen LogP contribution is 1.94. The van der Waals surface area contributed by atoms with E-state index in [4.69, 9.17) is 5.73 Å². The van der Waals surface area contributed by atoms with Crippen molar-refractivity contribution in [1.82, 2.24) is 10.2 Å². The molecule has 15 heavy (non-hydrogen) atoms. The van der Waals surface area contributed by atoms with Gasteiger partial charge in [-0.15, -0.1) is 0 Å². The van der Waals surface area contributed by atoms with E-state index in [0.29, 0.717) is 19.4 Å². The number of rotatable bonds is 7. The molecule has 0 heterocycles. The largest absolute Gasteiger partial charge is 0.368 e. The molecule has 0 saturated heterocycles. The first-order valence-corrected chi connectivity index (χ1v) is 5.21. The zero-order valence-electron chi connectivity index (χ0n) is 9.75. The monoisotopic (exact) mass is 215 g/mol. The molecule has 0 spiro atoms. The van der Waals surface area contributed by atoms with Crippen LogP contribution >= 0.6 is 0 Å². The Labute approximate surface area is 91.0 Å². The van der Waals surface area contributed by atoms with Crippen LogP contribution in [0.15, 0.2) is 0 Å². The van der Waals surface area contributed by atoms with Gasteiger partial charge in [0, 0.05) is 20.5 Å². The van der Waals surface area contributed by atoms with E-state index in [9.17, 15) is 9.59 Å². The van der Waals surface area contributed by atoms with Crippen molar-refractivity contribution < 1.29 is 9.59 Å². The summed E-state index contributed by atoms with van der Waals surface area (Å²) in [6, 6.07) is -0.278. The number of nitrogens with one attached hydrogen (secondary N) is 1. The van der Waals surface area contributed by atoms with Crippen LogP contribution in [0.2, 0.25) is 0 Å². The third-order valence-corrected chi connectivity index (χ3v) is 2.21. The van der Waals surface area contributed by atoms with Crippen LogP contribution in [0.1, 0.15) is 26.2 Å². The third kappa shape index (κ3) is 6.06. The van der Waals surface area contributed by atoms with E-state index in [-0.39, 0.29) is 17.9 Å². The van der Waals surface area contributed by atoms with E-state index in [1.807, 2.05) is 6.92 Å². The molecule has 0 aliphatic rings. The molecule has 0 fully saturated rings. The molecule has 0 aliphatic heterocycles. The first-order chi connectivity index (χ1) is 6.99. The molecule has 0 radical (unpaired) electrons. The van der Waals surface area contributed by atoms with Gasteiger partial charge < -0.3 is 16.0 Å². The molecular weight excluding hydrogens is 194 g/mol. The zero-order chi connectivity index (χ0) is 11.8. The Morgan fingerprint density at radius 1 is 1.40 bits per heavy atom. The van der Waals surface area contributed by atoms with Gasteiger partial charge in [-0.05, 0) is 19.4 Å². The molecule has 0 bridgehead atoms. The summed E-state index contributed by atoms with van der Waals surface area (Å²) in [7, 11) is 3.46. The highest BCUT2D eigenvalue weighted by atomic mass is 16.2. The standard InChI is InChI=1S/C10H21N3O2/c1-4-8(10(11)15)12-7-5-6-9(14)13(2)3/h8,12H,4-7H2,1-3H3,(H2,11,15)/t8-/m0/s1. The number of amides is 2.